The van der Waals surface area contributed by atoms with Gasteiger partial charge in [0.15, 0.2) is 0 Å². The van der Waals surface area contributed by atoms with E-state index in [4.69, 9.17) is 5.73 Å². The van der Waals surface area contributed by atoms with E-state index in [-0.39, 0.29) is 0 Å². The molecule has 0 radical (unpaired) electrons. The highest BCUT2D eigenvalue weighted by atomic mass is 14.9. The first kappa shape index (κ1) is 13.4. The predicted molar refractivity (Wildman–Crippen MR) is 82.9 cm³/mol. The Morgan fingerprint density at radius 2 is 1.37 bits per heavy atom. The molecule has 0 bridgehead atoms. The number of nitrogens with one attached hydrogen (secondary N) is 2. The molecule has 0 spiro atoms. The van der Waals surface area contributed by atoms with E-state index in [0.29, 0.717) is 0 Å². The number of para-hydroxylation sites is 1. The van der Waals surface area contributed by atoms with Gasteiger partial charge in [0.05, 0.1) is 0 Å². The van der Waals surface area contributed by atoms with E-state index < -0.39 is 0 Å². The number of hydrogen-bond donors (Lipinski definition) is 3. The third-order valence-electron chi connectivity index (χ3n) is 2.91. The predicted octanol–water partition coefficient (Wildman–Crippen LogP) is 3.58. The second kappa shape index (κ2) is 7.44. The van der Waals surface area contributed by atoms with Crippen molar-refractivity contribution in [3.63, 3.8) is 0 Å². The monoisotopic (exact) mass is 255 g/mol. The number of unbranched alkanes of at least 4 members (excludes halogenated alkanes) is 1. The highest BCUT2D eigenvalue weighted by Gasteiger charge is 1.95. The van der Waals surface area contributed by atoms with Crippen LogP contribution in [-0.2, 0) is 0 Å². The van der Waals surface area contributed by atoms with Crippen LogP contribution in [0.3, 0.4) is 0 Å². The number of hydrogen-bond acceptors (Lipinski definition) is 3. The summed E-state index contributed by atoms with van der Waals surface area (Å²) in [6, 6.07) is 18.5. The fourth-order valence-corrected chi connectivity index (χ4v) is 1.86. The summed E-state index contributed by atoms with van der Waals surface area (Å²) in [5.41, 5.74) is 8.81. The van der Waals surface area contributed by atoms with Crippen LogP contribution in [0.15, 0.2) is 54.6 Å². The topological polar surface area (TPSA) is 50.1 Å². The van der Waals surface area contributed by atoms with Gasteiger partial charge in [-0.05, 0) is 55.8 Å². The maximum Gasteiger partial charge on any atom is 0.0385 e. The van der Waals surface area contributed by atoms with Crippen molar-refractivity contribution in [1.82, 2.24) is 0 Å². The molecule has 0 saturated carbocycles. The van der Waals surface area contributed by atoms with E-state index in [0.717, 1.165) is 43.0 Å². The Labute approximate surface area is 114 Å². The van der Waals surface area contributed by atoms with Crippen LogP contribution < -0.4 is 16.4 Å². The fourth-order valence-electron chi connectivity index (χ4n) is 1.86. The Bertz CT molecular complexity index is 465. The third kappa shape index (κ3) is 4.64. The zero-order chi connectivity index (χ0) is 13.3. The number of benzene rings is 2. The first-order chi connectivity index (χ1) is 9.38. The van der Waals surface area contributed by atoms with Gasteiger partial charge in [0.25, 0.3) is 0 Å². The molecule has 0 amide bonds. The summed E-state index contributed by atoms with van der Waals surface area (Å²) in [7, 11) is 0. The standard InChI is InChI=1S/C16H21N3/c17-12-4-5-13-18-14-8-10-16(11-9-14)19-15-6-2-1-3-7-15/h1-3,6-11,18-19H,4-5,12-13,17H2. The van der Waals surface area contributed by atoms with Crippen molar-refractivity contribution >= 4 is 17.1 Å². The van der Waals surface area contributed by atoms with Crippen LogP contribution in [0.2, 0.25) is 0 Å². The lowest BCUT2D eigenvalue weighted by atomic mass is 10.2. The molecule has 3 nitrogen and oxygen atoms in total. The van der Waals surface area contributed by atoms with Gasteiger partial charge in [0.1, 0.15) is 0 Å². The first-order valence-electron chi connectivity index (χ1n) is 6.74. The van der Waals surface area contributed by atoms with Gasteiger partial charge >= 0.3 is 0 Å². The van der Waals surface area contributed by atoms with E-state index in [2.05, 4.69) is 47.0 Å². The van der Waals surface area contributed by atoms with E-state index in [9.17, 15) is 0 Å². The Morgan fingerprint density at radius 3 is 2.05 bits per heavy atom. The molecule has 0 saturated heterocycles. The zero-order valence-electron chi connectivity index (χ0n) is 11.1. The maximum atomic E-state index is 5.47. The van der Waals surface area contributed by atoms with Crippen LogP contribution >= 0.6 is 0 Å². The van der Waals surface area contributed by atoms with Crippen LogP contribution in [0, 0.1) is 0 Å². The van der Waals surface area contributed by atoms with Gasteiger partial charge < -0.3 is 16.4 Å². The van der Waals surface area contributed by atoms with Crippen molar-refractivity contribution in [2.24, 2.45) is 5.73 Å². The molecule has 0 aliphatic heterocycles. The summed E-state index contributed by atoms with van der Waals surface area (Å²) in [4.78, 5) is 0. The second-order valence-electron chi connectivity index (χ2n) is 4.49. The largest absolute Gasteiger partial charge is 0.385 e. The van der Waals surface area contributed by atoms with Gasteiger partial charge in [-0.25, -0.2) is 0 Å². The minimum Gasteiger partial charge on any atom is -0.385 e. The minimum absolute atomic E-state index is 0.765. The van der Waals surface area contributed by atoms with Crippen molar-refractivity contribution in [1.29, 1.82) is 0 Å². The molecule has 0 fully saturated rings. The number of nitrogens with two attached hydrogens (primary N) is 1. The van der Waals surface area contributed by atoms with Crippen LogP contribution in [0.25, 0.3) is 0 Å². The summed E-state index contributed by atoms with van der Waals surface area (Å²) in [5.74, 6) is 0. The van der Waals surface area contributed by atoms with Crippen LogP contribution in [-0.4, -0.2) is 13.1 Å². The molecule has 2 aromatic rings. The molecule has 19 heavy (non-hydrogen) atoms. The summed E-state index contributed by atoms with van der Waals surface area (Å²) in [5, 5.41) is 6.75. The molecule has 0 aliphatic carbocycles. The van der Waals surface area contributed by atoms with Crippen molar-refractivity contribution in [3.05, 3.63) is 54.6 Å². The van der Waals surface area contributed by atoms with E-state index in [1.807, 2.05) is 18.2 Å². The second-order valence-corrected chi connectivity index (χ2v) is 4.49. The van der Waals surface area contributed by atoms with Crippen LogP contribution in [0.1, 0.15) is 12.8 Å². The summed E-state index contributed by atoms with van der Waals surface area (Å²) < 4.78 is 0. The van der Waals surface area contributed by atoms with Crippen molar-refractivity contribution in [2.45, 2.75) is 12.8 Å². The molecule has 0 aromatic heterocycles. The molecular weight excluding hydrogens is 234 g/mol. The molecule has 100 valence electrons. The normalized spacial score (nSPS) is 10.2. The number of rotatable bonds is 7. The highest BCUT2D eigenvalue weighted by Crippen LogP contribution is 2.18. The molecule has 3 heteroatoms. The van der Waals surface area contributed by atoms with Crippen molar-refractivity contribution in [3.8, 4) is 0 Å². The molecule has 4 N–H and O–H groups in total. The van der Waals surface area contributed by atoms with Gasteiger partial charge in [-0.2, -0.15) is 0 Å². The SMILES string of the molecule is NCCCCNc1ccc(Nc2ccccc2)cc1. The van der Waals surface area contributed by atoms with Gasteiger partial charge in [-0.1, -0.05) is 18.2 Å². The average Bonchev–Trinajstić information content (AvgIpc) is 2.46. The fraction of sp³-hybridized carbons (Fsp3) is 0.250. The quantitative estimate of drug-likeness (QED) is 0.663. The first-order valence-corrected chi connectivity index (χ1v) is 6.74. The molecule has 0 aliphatic rings. The zero-order valence-corrected chi connectivity index (χ0v) is 11.1. The number of anilines is 3. The lowest BCUT2D eigenvalue weighted by Crippen LogP contribution is -2.05. The lowest BCUT2D eigenvalue weighted by Gasteiger charge is -2.09. The van der Waals surface area contributed by atoms with E-state index >= 15 is 0 Å². The molecule has 0 unspecified atom stereocenters. The molecule has 2 aromatic carbocycles. The highest BCUT2D eigenvalue weighted by molar-refractivity contribution is 5.62. The molecule has 0 atom stereocenters. The van der Waals surface area contributed by atoms with Crippen molar-refractivity contribution < 1.29 is 0 Å². The Kier molecular flexibility index (Phi) is 5.26. The van der Waals surface area contributed by atoms with E-state index in [1.54, 1.807) is 0 Å². The van der Waals surface area contributed by atoms with Crippen molar-refractivity contribution in [2.75, 3.05) is 23.7 Å². The van der Waals surface area contributed by atoms with Crippen LogP contribution in [0.4, 0.5) is 17.1 Å². The lowest BCUT2D eigenvalue weighted by molar-refractivity contribution is 0.774. The molecular formula is C16H21N3. The molecule has 2 rings (SSSR count). The summed E-state index contributed by atoms with van der Waals surface area (Å²) in [6.07, 6.45) is 2.18. The van der Waals surface area contributed by atoms with E-state index in [1.165, 1.54) is 0 Å². The van der Waals surface area contributed by atoms with Gasteiger partial charge in [0.2, 0.25) is 0 Å². The molecule has 0 heterocycles. The smallest absolute Gasteiger partial charge is 0.0385 e. The van der Waals surface area contributed by atoms with Gasteiger partial charge in [-0.15, -0.1) is 0 Å². The van der Waals surface area contributed by atoms with Crippen LogP contribution in [0.5, 0.6) is 0 Å². The Balaban J connectivity index is 1.84. The Morgan fingerprint density at radius 1 is 0.737 bits per heavy atom. The third-order valence-corrected chi connectivity index (χ3v) is 2.91. The van der Waals surface area contributed by atoms with Gasteiger partial charge in [0, 0.05) is 23.6 Å². The average molecular weight is 255 g/mol. The summed E-state index contributed by atoms with van der Waals surface area (Å²) >= 11 is 0. The maximum absolute atomic E-state index is 5.47. The summed E-state index contributed by atoms with van der Waals surface area (Å²) in [6.45, 7) is 1.74. The van der Waals surface area contributed by atoms with Gasteiger partial charge in [-0.3, -0.25) is 0 Å². The minimum atomic E-state index is 0.765. The Hall–Kier alpha value is -2.00.